The van der Waals surface area contributed by atoms with Gasteiger partial charge in [-0.05, 0) is 36.4 Å². The van der Waals surface area contributed by atoms with Gasteiger partial charge >= 0.3 is 0 Å². The van der Waals surface area contributed by atoms with Gasteiger partial charge in [0.25, 0.3) is 5.91 Å². The average molecular weight is 408 g/mol. The standard InChI is InChI=1S/C22H17FN2O3S/c23-17-8-2-1-6-15(17)12-20-22(27)25(18-9-3-4-10-19(18)29-20)14-21(26)24-13-16-7-5-11-28-16/h1-12H,13-14H2,(H,24,26)/b20-12-. The third-order valence-electron chi connectivity index (χ3n) is 4.37. The Hall–Kier alpha value is -3.32. The van der Waals surface area contributed by atoms with Crippen LogP contribution in [0.15, 0.2) is 81.1 Å². The predicted molar refractivity (Wildman–Crippen MR) is 110 cm³/mol. The van der Waals surface area contributed by atoms with E-state index < -0.39 is 5.82 Å². The van der Waals surface area contributed by atoms with Crippen molar-refractivity contribution in [3.63, 3.8) is 0 Å². The lowest BCUT2D eigenvalue weighted by Crippen LogP contribution is -2.42. The maximum atomic E-state index is 14.1. The van der Waals surface area contributed by atoms with E-state index in [1.54, 1.807) is 36.4 Å². The smallest absolute Gasteiger partial charge is 0.265 e. The zero-order chi connectivity index (χ0) is 20.2. The summed E-state index contributed by atoms with van der Waals surface area (Å²) in [7, 11) is 0. The molecule has 1 aliphatic heterocycles. The van der Waals surface area contributed by atoms with Gasteiger partial charge in [0.05, 0.1) is 23.4 Å². The van der Waals surface area contributed by atoms with Crippen LogP contribution in [0.5, 0.6) is 0 Å². The van der Waals surface area contributed by atoms with Crippen molar-refractivity contribution >= 4 is 35.3 Å². The summed E-state index contributed by atoms with van der Waals surface area (Å²) < 4.78 is 19.3. The summed E-state index contributed by atoms with van der Waals surface area (Å²) in [4.78, 5) is 28.1. The van der Waals surface area contributed by atoms with Crippen molar-refractivity contribution in [2.45, 2.75) is 11.4 Å². The van der Waals surface area contributed by atoms with Crippen LogP contribution in [0.1, 0.15) is 11.3 Å². The number of para-hydroxylation sites is 1. The lowest BCUT2D eigenvalue weighted by molar-refractivity contribution is -0.122. The van der Waals surface area contributed by atoms with Gasteiger partial charge in [-0.25, -0.2) is 4.39 Å². The lowest BCUT2D eigenvalue weighted by atomic mass is 10.2. The number of anilines is 1. The molecule has 0 saturated carbocycles. The molecule has 146 valence electrons. The van der Waals surface area contributed by atoms with Crippen molar-refractivity contribution in [2.75, 3.05) is 11.4 Å². The molecule has 7 heteroatoms. The first-order chi connectivity index (χ1) is 14.1. The van der Waals surface area contributed by atoms with Crippen LogP contribution in [0.25, 0.3) is 6.08 Å². The molecule has 0 spiro atoms. The molecule has 2 amide bonds. The summed E-state index contributed by atoms with van der Waals surface area (Å²) in [6, 6.07) is 17.1. The van der Waals surface area contributed by atoms with E-state index in [-0.39, 0.29) is 24.9 Å². The normalized spacial score (nSPS) is 14.7. The second-order valence-electron chi connectivity index (χ2n) is 6.35. The number of nitrogens with one attached hydrogen (secondary N) is 1. The van der Waals surface area contributed by atoms with E-state index in [1.807, 2.05) is 18.2 Å². The fourth-order valence-corrected chi connectivity index (χ4v) is 4.00. The highest BCUT2D eigenvalue weighted by molar-refractivity contribution is 8.04. The number of halogens is 1. The number of rotatable bonds is 5. The molecule has 0 radical (unpaired) electrons. The summed E-state index contributed by atoms with van der Waals surface area (Å²) >= 11 is 1.27. The molecule has 2 aromatic carbocycles. The summed E-state index contributed by atoms with van der Waals surface area (Å²) in [5.74, 6) is -0.443. The first-order valence-corrected chi connectivity index (χ1v) is 9.77. The Morgan fingerprint density at radius 3 is 2.69 bits per heavy atom. The molecule has 0 atom stereocenters. The number of carbonyl (C=O) groups excluding carboxylic acids is 2. The van der Waals surface area contributed by atoms with Gasteiger partial charge in [-0.3, -0.25) is 14.5 Å². The molecule has 0 bridgehead atoms. The Morgan fingerprint density at radius 2 is 1.90 bits per heavy atom. The van der Waals surface area contributed by atoms with Gasteiger partial charge in [-0.15, -0.1) is 0 Å². The topological polar surface area (TPSA) is 62.6 Å². The van der Waals surface area contributed by atoms with Crippen LogP contribution in [0.2, 0.25) is 0 Å². The number of furan rings is 1. The van der Waals surface area contributed by atoms with Crippen LogP contribution in [-0.2, 0) is 16.1 Å². The Labute approximate surface area is 171 Å². The van der Waals surface area contributed by atoms with Crippen LogP contribution in [0.4, 0.5) is 10.1 Å². The van der Waals surface area contributed by atoms with Gasteiger partial charge in [-0.2, -0.15) is 0 Å². The van der Waals surface area contributed by atoms with Gasteiger partial charge in [0.1, 0.15) is 18.1 Å². The van der Waals surface area contributed by atoms with Crippen LogP contribution in [-0.4, -0.2) is 18.4 Å². The van der Waals surface area contributed by atoms with Gasteiger partial charge < -0.3 is 9.73 Å². The minimum atomic E-state index is -0.407. The summed E-state index contributed by atoms with van der Waals surface area (Å²) in [6.07, 6.45) is 3.05. The van der Waals surface area contributed by atoms with Crippen LogP contribution in [0.3, 0.4) is 0 Å². The first-order valence-electron chi connectivity index (χ1n) is 8.96. The quantitative estimate of drug-likeness (QED) is 0.643. The molecule has 29 heavy (non-hydrogen) atoms. The molecule has 0 aliphatic carbocycles. The molecule has 3 aromatic rings. The van der Waals surface area contributed by atoms with Crippen molar-refractivity contribution in [1.29, 1.82) is 0 Å². The minimum absolute atomic E-state index is 0.147. The number of carbonyl (C=O) groups is 2. The highest BCUT2D eigenvalue weighted by Crippen LogP contribution is 2.42. The molecule has 0 unspecified atom stereocenters. The maximum Gasteiger partial charge on any atom is 0.265 e. The molecular weight excluding hydrogens is 391 g/mol. The number of fused-ring (bicyclic) bond motifs is 1. The number of benzene rings is 2. The highest BCUT2D eigenvalue weighted by Gasteiger charge is 2.30. The summed E-state index contributed by atoms with van der Waals surface area (Å²) in [5, 5.41) is 2.74. The van der Waals surface area contributed by atoms with E-state index in [0.717, 1.165) is 4.90 Å². The van der Waals surface area contributed by atoms with E-state index in [1.165, 1.54) is 35.1 Å². The summed E-state index contributed by atoms with van der Waals surface area (Å²) in [5.41, 5.74) is 0.978. The molecule has 1 N–H and O–H groups in total. The zero-order valence-corrected chi connectivity index (χ0v) is 16.1. The second-order valence-corrected chi connectivity index (χ2v) is 7.43. The summed E-state index contributed by atoms with van der Waals surface area (Å²) in [6.45, 7) is 0.0912. The zero-order valence-electron chi connectivity index (χ0n) is 15.3. The van der Waals surface area contributed by atoms with Crippen LogP contribution < -0.4 is 10.2 Å². The molecule has 1 aromatic heterocycles. The van der Waals surface area contributed by atoms with E-state index in [9.17, 15) is 14.0 Å². The van der Waals surface area contributed by atoms with Gasteiger partial charge in [0.15, 0.2) is 0 Å². The van der Waals surface area contributed by atoms with Crippen molar-refractivity contribution in [2.24, 2.45) is 0 Å². The molecule has 2 heterocycles. The Balaban J connectivity index is 1.59. The van der Waals surface area contributed by atoms with Crippen LogP contribution >= 0.6 is 11.8 Å². The number of hydrogen-bond acceptors (Lipinski definition) is 4. The molecule has 4 rings (SSSR count). The lowest BCUT2D eigenvalue weighted by Gasteiger charge is -2.29. The van der Waals surface area contributed by atoms with E-state index in [4.69, 9.17) is 4.42 Å². The van der Waals surface area contributed by atoms with Crippen molar-refractivity contribution in [1.82, 2.24) is 5.32 Å². The monoisotopic (exact) mass is 408 g/mol. The number of thioether (sulfide) groups is 1. The van der Waals surface area contributed by atoms with Gasteiger partial charge in [-0.1, -0.05) is 42.1 Å². The highest BCUT2D eigenvalue weighted by atomic mass is 32.2. The largest absolute Gasteiger partial charge is 0.467 e. The Morgan fingerprint density at radius 1 is 1.10 bits per heavy atom. The fourth-order valence-electron chi connectivity index (χ4n) is 2.95. The molecule has 5 nitrogen and oxygen atoms in total. The second kappa shape index (κ2) is 8.36. The number of nitrogens with zero attached hydrogens (tertiary/aromatic N) is 1. The minimum Gasteiger partial charge on any atom is -0.467 e. The number of hydrogen-bond donors (Lipinski definition) is 1. The number of amides is 2. The molecule has 0 saturated heterocycles. The molecule has 0 fully saturated rings. The first kappa shape index (κ1) is 19.0. The average Bonchev–Trinajstić information content (AvgIpc) is 3.25. The van der Waals surface area contributed by atoms with E-state index in [2.05, 4.69) is 5.32 Å². The van der Waals surface area contributed by atoms with Crippen LogP contribution in [0, 0.1) is 5.82 Å². The third-order valence-corrected chi connectivity index (χ3v) is 5.44. The van der Waals surface area contributed by atoms with Gasteiger partial charge in [0.2, 0.25) is 5.91 Å². The van der Waals surface area contributed by atoms with Crippen molar-refractivity contribution < 1.29 is 18.4 Å². The predicted octanol–water partition coefficient (Wildman–Crippen LogP) is 4.21. The van der Waals surface area contributed by atoms with Crippen molar-refractivity contribution in [3.8, 4) is 0 Å². The fraction of sp³-hybridized carbons (Fsp3) is 0.0909. The van der Waals surface area contributed by atoms with E-state index in [0.29, 0.717) is 21.9 Å². The van der Waals surface area contributed by atoms with E-state index >= 15 is 0 Å². The SMILES string of the molecule is O=C(CN1C(=O)/C(=C/c2ccccc2F)Sc2ccccc21)NCc1ccco1. The third kappa shape index (κ3) is 4.25. The van der Waals surface area contributed by atoms with Gasteiger partial charge in [0, 0.05) is 10.5 Å². The maximum absolute atomic E-state index is 14.1. The Kier molecular flexibility index (Phi) is 5.48. The van der Waals surface area contributed by atoms with Crippen molar-refractivity contribution in [3.05, 3.63) is 89.0 Å². The molecular formula is C22H17FN2O3S. The Bertz CT molecular complexity index is 1080. The molecule has 1 aliphatic rings.